The molecule has 8 heteroatoms. The average Bonchev–Trinajstić information content (AvgIpc) is 2.83. The summed E-state index contributed by atoms with van der Waals surface area (Å²) in [5.74, 6) is -3.01. The van der Waals surface area contributed by atoms with Crippen molar-refractivity contribution in [1.82, 2.24) is 0 Å². The molecule has 28 heavy (non-hydrogen) atoms. The number of benzene rings is 2. The van der Waals surface area contributed by atoms with Crippen molar-refractivity contribution < 1.29 is 27.5 Å². The number of carbonyl (C=O) groups is 2. The fraction of sp³-hybridized carbons (Fsp3) is 0.300. The highest BCUT2D eigenvalue weighted by molar-refractivity contribution is 6.03. The number of halogens is 3. The van der Waals surface area contributed by atoms with Crippen LogP contribution in [-0.4, -0.2) is 37.7 Å². The SMILES string of the molecule is COC(=O)[C@@H]1CN(c2cccc(C)c2)Cc2ccccc2N1C(=O)C(F)(F)F. The first-order valence-electron chi connectivity index (χ1n) is 8.60. The zero-order valence-corrected chi connectivity index (χ0v) is 15.4. The van der Waals surface area contributed by atoms with E-state index in [0.29, 0.717) is 10.5 Å². The van der Waals surface area contributed by atoms with Crippen LogP contribution in [0.1, 0.15) is 11.1 Å². The number of hydrogen-bond donors (Lipinski definition) is 0. The number of ether oxygens (including phenoxy) is 1. The number of esters is 1. The number of nitrogens with zero attached hydrogens (tertiary/aromatic N) is 2. The minimum Gasteiger partial charge on any atom is -0.467 e. The van der Waals surface area contributed by atoms with Crippen molar-refractivity contribution >= 4 is 23.3 Å². The number of para-hydroxylation sites is 1. The molecule has 0 radical (unpaired) electrons. The summed E-state index contributed by atoms with van der Waals surface area (Å²) in [6, 6.07) is 12.2. The van der Waals surface area contributed by atoms with Gasteiger partial charge in [-0.15, -0.1) is 0 Å². The Bertz CT molecular complexity index is 898. The Kier molecular flexibility index (Phi) is 5.31. The van der Waals surface area contributed by atoms with E-state index in [0.717, 1.165) is 18.4 Å². The Morgan fingerprint density at radius 3 is 2.46 bits per heavy atom. The van der Waals surface area contributed by atoms with E-state index in [2.05, 4.69) is 0 Å². The highest BCUT2D eigenvalue weighted by Crippen LogP contribution is 2.34. The van der Waals surface area contributed by atoms with Crippen LogP contribution in [0.15, 0.2) is 48.5 Å². The molecule has 0 aromatic heterocycles. The zero-order chi connectivity index (χ0) is 20.5. The second kappa shape index (κ2) is 7.53. The van der Waals surface area contributed by atoms with Crippen LogP contribution >= 0.6 is 0 Å². The fourth-order valence-corrected chi connectivity index (χ4v) is 3.33. The average molecular weight is 392 g/mol. The van der Waals surface area contributed by atoms with Crippen LogP contribution < -0.4 is 9.80 Å². The molecule has 148 valence electrons. The minimum atomic E-state index is -5.13. The van der Waals surface area contributed by atoms with Gasteiger partial charge in [-0.1, -0.05) is 30.3 Å². The summed E-state index contributed by atoms with van der Waals surface area (Å²) >= 11 is 0. The molecular weight excluding hydrogens is 373 g/mol. The highest BCUT2D eigenvalue weighted by atomic mass is 19.4. The van der Waals surface area contributed by atoms with Gasteiger partial charge in [0.2, 0.25) is 0 Å². The van der Waals surface area contributed by atoms with Crippen molar-refractivity contribution in [2.75, 3.05) is 23.5 Å². The molecule has 0 aliphatic carbocycles. The molecule has 0 fully saturated rings. The first kappa shape index (κ1) is 19.7. The van der Waals surface area contributed by atoms with Crippen molar-refractivity contribution in [2.24, 2.45) is 0 Å². The number of alkyl halides is 3. The lowest BCUT2D eigenvalue weighted by Gasteiger charge is -2.31. The molecule has 0 saturated carbocycles. The number of aryl methyl sites for hydroxylation is 1. The number of anilines is 2. The van der Waals surface area contributed by atoms with E-state index in [-0.39, 0.29) is 18.8 Å². The van der Waals surface area contributed by atoms with Crippen molar-refractivity contribution in [3.05, 3.63) is 59.7 Å². The van der Waals surface area contributed by atoms with Crippen LogP contribution in [0, 0.1) is 6.92 Å². The monoisotopic (exact) mass is 392 g/mol. The second-order valence-corrected chi connectivity index (χ2v) is 6.56. The molecule has 1 aliphatic rings. The molecule has 0 unspecified atom stereocenters. The van der Waals surface area contributed by atoms with Gasteiger partial charge in [0.25, 0.3) is 0 Å². The smallest absolute Gasteiger partial charge is 0.467 e. The van der Waals surface area contributed by atoms with Crippen LogP contribution in [0.2, 0.25) is 0 Å². The second-order valence-electron chi connectivity index (χ2n) is 6.56. The van der Waals surface area contributed by atoms with Gasteiger partial charge in [0.05, 0.1) is 12.8 Å². The molecule has 2 aromatic rings. The first-order valence-corrected chi connectivity index (χ1v) is 8.60. The predicted molar refractivity (Wildman–Crippen MR) is 98.0 cm³/mol. The molecule has 0 spiro atoms. The fourth-order valence-electron chi connectivity index (χ4n) is 3.33. The maximum Gasteiger partial charge on any atom is 0.471 e. The van der Waals surface area contributed by atoms with E-state index >= 15 is 0 Å². The third-order valence-electron chi connectivity index (χ3n) is 4.62. The Balaban J connectivity index is 2.15. The third-order valence-corrected chi connectivity index (χ3v) is 4.62. The van der Waals surface area contributed by atoms with Gasteiger partial charge in [0.15, 0.2) is 6.04 Å². The molecule has 1 atom stereocenters. The molecule has 3 rings (SSSR count). The first-order chi connectivity index (χ1) is 13.2. The van der Waals surface area contributed by atoms with Crippen LogP contribution in [0.3, 0.4) is 0 Å². The standard InChI is InChI=1S/C20H19F3N2O3/c1-13-6-5-8-15(10-13)24-11-14-7-3-4-9-16(14)25(19(27)20(21,22)23)17(12-24)18(26)28-2/h3-10,17H,11-12H2,1-2H3/t17-/m0/s1. The van der Waals surface area contributed by atoms with Gasteiger partial charge in [-0.05, 0) is 36.2 Å². The Morgan fingerprint density at radius 2 is 1.82 bits per heavy atom. The maximum atomic E-state index is 13.3. The normalized spacial score (nSPS) is 17.0. The zero-order valence-electron chi connectivity index (χ0n) is 15.4. The summed E-state index contributed by atoms with van der Waals surface area (Å²) in [6.07, 6.45) is -5.13. The Hall–Kier alpha value is -3.03. The van der Waals surface area contributed by atoms with E-state index < -0.39 is 24.1 Å². The number of methoxy groups -OCH3 is 1. The van der Waals surface area contributed by atoms with E-state index in [4.69, 9.17) is 4.74 Å². The summed E-state index contributed by atoms with van der Waals surface area (Å²) in [6.45, 7) is 2.01. The van der Waals surface area contributed by atoms with E-state index in [1.165, 1.54) is 12.1 Å². The van der Waals surface area contributed by atoms with E-state index in [1.807, 2.05) is 31.2 Å². The number of fused-ring (bicyclic) bond motifs is 1. The molecule has 5 nitrogen and oxygen atoms in total. The summed E-state index contributed by atoms with van der Waals surface area (Å²) in [5.41, 5.74) is 2.27. The van der Waals surface area contributed by atoms with Gasteiger partial charge in [-0.2, -0.15) is 13.2 Å². The number of carbonyl (C=O) groups excluding carboxylic acids is 2. The number of rotatable bonds is 2. The molecule has 1 aliphatic heterocycles. The third kappa shape index (κ3) is 3.81. The van der Waals surface area contributed by atoms with Gasteiger partial charge in [-0.25, -0.2) is 4.79 Å². The van der Waals surface area contributed by atoms with Crippen molar-refractivity contribution in [3.8, 4) is 0 Å². The van der Waals surface area contributed by atoms with Crippen molar-refractivity contribution in [3.63, 3.8) is 0 Å². The summed E-state index contributed by atoms with van der Waals surface area (Å²) in [4.78, 5) is 26.9. The Labute approximate surface area is 160 Å². The Morgan fingerprint density at radius 1 is 1.11 bits per heavy atom. The summed E-state index contributed by atoms with van der Waals surface area (Å²) in [7, 11) is 1.09. The van der Waals surface area contributed by atoms with Gasteiger partial charge in [0.1, 0.15) is 0 Å². The number of amides is 1. The largest absolute Gasteiger partial charge is 0.471 e. The summed E-state index contributed by atoms with van der Waals surface area (Å²) in [5, 5.41) is 0. The minimum absolute atomic E-state index is 0.0513. The molecule has 0 saturated heterocycles. The molecule has 2 aromatic carbocycles. The lowest BCUT2D eigenvalue weighted by atomic mass is 10.1. The van der Waals surface area contributed by atoms with E-state index in [1.54, 1.807) is 17.0 Å². The molecular formula is C20H19F3N2O3. The van der Waals surface area contributed by atoms with Crippen LogP contribution in [0.5, 0.6) is 0 Å². The predicted octanol–water partition coefficient (Wildman–Crippen LogP) is 3.45. The molecule has 0 N–H and O–H groups in total. The van der Waals surface area contributed by atoms with Gasteiger partial charge in [0, 0.05) is 18.8 Å². The molecule has 1 heterocycles. The molecule has 0 bridgehead atoms. The number of hydrogen-bond acceptors (Lipinski definition) is 4. The van der Waals surface area contributed by atoms with Gasteiger partial charge < -0.3 is 9.64 Å². The van der Waals surface area contributed by atoms with Crippen molar-refractivity contribution in [1.29, 1.82) is 0 Å². The van der Waals surface area contributed by atoms with Gasteiger partial charge >= 0.3 is 18.1 Å². The van der Waals surface area contributed by atoms with Crippen LogP contribution in [-0.2, 0) is 20.9 Å². The van der Waals surface area contributed by atoms with Crippen LogP contribution in [0.4, 0.5) is 24.5 Å². The van der Waals surface area contributed by atoms with Gasteiger partial charge in [-0.3, -0.25) is 9.69 Å². The van der Waals surface area contributed by atoms with Crippen molar-refractivity contribution in [2.45, 2.75) is 25.7 Å². The highest BCUT2D eigenvalue weighted by Gasteiger charge is 2.49. The van der Waals surface area contributed by atoms with E-state index in [9.17, 15) is 22.8 Å². The quantitative estimate of drug-likeness (QED) is 0.735. The van der Waals surface area contributed by atoms with Crippen LogP contribution in [0.25, 0.3) is 0 Å². The maximum absolute atomic E-state index is 13.3. The topological polar surface area (TPSA) is 49.9 Å². The lowest BCUT2D eigenvalue weighted by Crippen LogP contribution is -2.54. The lowest BCUT2D eigenvalue weighted by molar-refractivity contribution is -0.171. The summed E-state index contributed by atoms with van der Waals surface area (Å²) < 4.78 is 44.7. The molecule has 1 amide bonds.